The summed E-state index contributed by atoms with van der Waals surface area (Å²) in [5, 5.41) is 2.66. The molecule has 0 saturated heterocycles. The number of aryl methyl sites for hydroxylation is 1. The van der Waals surface area contributed by atoms with Gasteiger partial charge in [-0.1, -0.05) is 30.3 Å². The van der Waals surface area contributed by atoms with E-state index < -0.39 is 11.4 Å². The largest absolute Gasteiger partial charge is 0.468 e. The predicted molar refractivity (Wildman–Crippen MR) is 101 cm³/mol. The van der Waals surface area contributed by atoms with Gasteiger partial charge in [0.2, 0.25) is 6.41 Å². The molecule has 0 spiro atoms. The number of nitrogens with one attached hydrogen (secondary N) is 1. The first-order chi connectivity index (χ1) is 12.3. The van der Waals surface area contributed by atoms with Crippen molar-refractivity contribution >= 4 is 23.9 Å². The van der Waals surface area contributed by atoms with Crippen LogP contribution in [0.15, 0.2) is 42.5 Å². The van der Waals surface area contributed by atoms with Crippen molar-refractivity contribution in [3.8, 4) is 11.1 Å². The fourth-order valence-corrected chi connectivity index (χ4v) is 2.66. The first-order valence-corrected chi connectivity index (χ1v) is 8.31. The molecule has 0 aliphatic rings. The molecule has 0 aliphatic carbocycles. The average molecular weight is 353 g/mol. The molecule has 0 aliphatic heterocycles. The van der Waals surface area contributed by atoms with Gasteiger partial charge >= 0.3 is 5.97 Å². The van der Waals surface area contributed by atoms with Gasteiger partial charge < -0.3 is 10.1 Å². The highest BCUT2D eigenvalue weighted by atomic mass is 16.5. The van der Waals surface area contributed by atoms with Crippen molar-refractivity contribution in [2.24, 2.45) is 5.41 Å². The highest BCUT2D eigenvalue weighted by Crippen LogP contribution is 2.26. The molecule has 0 bridgehead atoms. The van der Waals surface area contributed by atoms with Crippen LogP contribution in [0.1, 0.15) is 25.0 Å². The number of hydrogen-bond donors (Lipinski definition) is 1. The minimum absolute atomic E-state index is 0.170. The zero-order chi connectivity index (χ0) is 19.3. The summed E-state index contributed by atoms with van der Waals surface area (Å²) in [6.45, 7) is 5.08. The Morgan fingerprint density at radius 1 is 1.08 bits per heavy atom. The standard InChI is InChI=1S/C21H23NO4/c1-14-11-17(9-10-18(14)22-13-23)16-7-5-15(6-8-16)12-19(24)21(2,3)20(25)26-4/h5-11,13H,12H2,1-4H3,(H,22,23). The van der Waals surface area contributed by atoms with Gasteiger partial charge in [-0.15, -0.1) is 0 Å². The van der Waals surface area contributed by atoms with E-state index in [-0.39, 0.29) is 12.2 Å². The molecule has 0 fully saturated rings. The summed E-state index contributed by atoms with van der Waals surface area (Å²) in [5.41, 5.74) is 3.45. The van der Waals surface area contributed by atoms with Crippen LogP contribution in [0.5, 0.6) is 0 Å². The maximum Gasteiger partial charge on any atom is 0.318 e. The number of benzene rings is 2. The number of methoxy groups -OCH3 is 1. The third-order valence-electron chi connectivity index (χ3n) is 4.49. The molecule has 5 heteroatoms. The number of carbonyl (C=O) groups excluding carboxylic acids is 3. The van der Waals surface area contributed by atoms with Crippen LogP contribution >= 0.6 is 0 Å². The van der Waals surface area contributed by atoms with Crippen LogP contribution in [-0.4, -0.2) is 25.3 Å². The number of anilines is 1. The summed E-state index contributed by atoms with van der Waals surface area (Å²) < 4.78 is 4.70. The lowest BCUT2D eigenvalue weighted by atomic mass is 9.84. The predicted octanol–water partition coefficient (Wildman–Crippen LogP) is 3.54. The Bertz CT molecular complexity index is 822. The molecule has 0 radical (unpaired) electrons. The summed E-state index contributed by atoms with van der Waals surface area (Å²) in [6.07, 6.45) is 0.827. The quantitative estimate of drug-likeness (QED) is 0.469. The SMILES string of the molecule is COC(=O)C(C)(C)C(=O)Cc1ccc(-c2ccc(NC=O)c(C)c2)cc1. The van der Waals surface area contributed by atoms with Crippen LogP contribution < -0.4 is 5.32 Å². The normalized spacial score (nSPS) is 10.9. The lowest BCUT2D eigenvalue weighted by Gasteiger charge is -2.19. The topological polar surface area (TPSA) is 72.5 Å². The van der Waals surface area contributed by atoms with Crippen molar-refractivity contribution in [1.82, 2.24) is 0 Å². The van der Waals surface area contributed by atoms with Crippen LogP contribution in [0, 0.1) is 12.3 Å². The zero-order valence-electron chi connectivity index (χ0n) is 15.5. The fraction of sp³-hybridized carbons (Fsp3) is 0.286. The van der Waals surface area contributed by atoms with Crippen LogP contribution in [0.4, 0.5) is 5.69 Å². The highest BCUT2D eigenvalue weighted by Gasteiger charge is 2.36. The van der Waals surface area contributed by atoms with E-state index >= 15 is 0 Å². The third kappa shape index (κ3) is 4.17. The average Bonchev–Trinajstić information content (AvgIpc) is 2.63. The first-order valence-electron chi connectivity index (χ1n) is 8.31. The number of esters is 1. The lowest BCUT2D eigenvalue weighted by molar-refractivity contribution is -0.155. The van der Waals surface area contributed by atoms with Gasteiger partial charge in [0.05, 0.1) is 7.11 Å². The molecule has 2 aromatic rings. The Kier molecular flexibility index (Phi) is 5.93. The Labute approximate surface area is 153 Å². The second-order valence-corrected chi connectivity index (χ2v) is 6.71. The van der Waals surface area contributed by atoms with Crippen LogP contribution in [-0.2, 0) is 25.5 Å². The van der Waals surface area contributed by atoms with E-state index in [1.54, 1.807) is 13.8 Å². The highest BCUT2D eigenvalue weighted by molar-refractivity contribution is 6.03. The van der Waals surface area contributed by atoms with E-state index in [0.29, 0.717) is 6.41 Å². The first kappa shape index (κ1) is 19.4. The smallest absolute Gasteiger partial charge is 0.318 e. The molecular weight excluding hydrogens is 330 g/mol. The second kappa shape index (κ2) is 7.95. The van der Waals surface area contributed by atoms with Gasteiger partial charge in [-0.05, 0) is 55.2 Å². The van der Waals surface area contributed by atoms with E-state index in [1.165, 1.54) is 7.11 Å². The van der Waals surface area contributed by atoms with Gasteiger partial charge in [-0.3, -0.25) is 14.4 Å². The van der Waals surface area contributed by atoms with Gasteiger partial charge in [0, 0.05) is 12.1 Å². The van der Waals surface area contributed by atoms with E-state index in [1.807, 2.05) is 49.4 Å². The van der Waals surface area contributed by atoms with Gasteiger partial charge in [-0.25, -0.2) is 0 Å². The van der Waals surface area contributed by atoms with E-state index in [4.69, 9.17) is 4.74 Å². The molecule has 0 atom stereocenters. The Morgan fingerprint density at radius 2 is 1.69 bits per heavy atom. The van der Waals surface area contributed by atoms with Crippen LogP contribution in [0.25, 0.3) is 11.1 Å². The number of carbonyl (C=O) groups is 3. The molecule has 2 rings (SSSR count). The maximum atomic E-state index is 12.4. The summed E-state index contributed by atoms with van der Waals surface area (Å²) in [7, 11) is 1.28. The molecular formula is C21H23NO4. The molecule has 26 heavy (non-hydrogen) atoms. The second-order valence-electron chi connectivity index (χ2n) is 6.71. The molecule has 1 N–H and O–H groups in total. The molecule has 136 valence electrons. The number of Topliss-reactive ketones (excluding diaryl/α,β-unsaturated/α-hetero) is 1. The Hall–Kier alpha value is -2.95. The number of ether oxygens (including phenoxy) is 1. The van der Waals surface area contributed by atoms with Crippen molar-refractivity contribution in [3.63, 3.8) is 0 Å². The van der Waals surface area contributed by atoms with Gasteiger partial charge in [-0.2, -0.15) is 0 Å². The van der Waals surface area contributed by atoms with Gasteiger partial charge in [0.15, 0.2) is 5.78 Å². The number of ketones is 1. The minimum atomic E-state index is -1.16. The fourth-order valence-electron chi connectivity index (χ4n) is 2.66. The van der Waals surface area contributed by atoms with Crippen molar-refractivity contribution in [3.05, 3.63) is 53.6 Å². The molecule has 2 aromatic carbocycles. The number of hydrogen-bond acceptors (Lipinski definition) is 4. The van der Waals surface area contributed by atoms with Crippen LogP contribution in [0.2, 0.25) is 0 Å². The van der Waals surface area contributed by atoms with E-state index in [0.717, 1.165) is 27.9 Å². The molecule has 0 heterocycles. The van der Waals surface area contributed by atoms with Crippen molar-refractivity contribution in [1.29, 1.82) is 0 Å². The zero-order valence-corrected chi connectivity index (χ0v) is 15.5. The van der Waals surface area contributed by atoms with E-state index in [2.05, 4.69) is 5.32 Å². The number of rotatable bonds is 7. The Balaban J connectivity index is 2.16. The lowest BCUT2D eigenvalue weighted by Crippen LogP contribution is -2.35. The number of amides is 1. The summed E-state index contributed by atoms with van der Waals surface area (Å²) in [4.78, 5) is 34.7. The molecule has 5 nitrogen and oxygen atoms in total. The molecule has 0 aromatic heterocycles. The molecule has 1 amide bonds. The minimum Gasteiger partial charge on any atom is -0.468 e. The molecule has 0 saturated carbocycles. The van der Waals surface area contributed by atoms with Crippen molar-refractivity contribution in [2.45, 2.75) is 27.2 Å². The summed E-state index contributed by atoms with van der Waals surface area (Å²) in [5.74, 6) is -0.712. The van der Waals surface area contributed by atoms with E-state index in [9.17, 15) is 14.4 Å². The van der Waals surface area contributed by atoms with Crippen LogP contribution in [0.3, 0.4) is 0 Å². The maximum absolute atomic E-state index is 12.4. The summed E-state index contributed by atoms with van der Waals surface area (Å²) >= 11 is 0. The van der Waals surface area contributed by atoms with Crippen molar-refractivity contribution < 1.29 is 19.1 Å². The summed E-state index contributed by atoms with van der Waals surface area (Å²) in [6, 6.07) is 13.4. The monoisotopic (exact) mass is 353 g/mol. The Morgan fingerprint density at radius 3 is 2.23 bits per heavy atom. The van der Waals surface area contributed by atoms with Crippen molar-refractivity contribution in [2.75, 3.05) is 12.4 Å². The third-order valence-corrected chi connectivity index (χ3v) is 4.49. The molecule has 0 unspecified atom stereocenters. The van der Waals surface area contributed by atoms with Gasteiger partial charge in [0.1, 0.15) is 5.41 Å². The van der Waals surface area contributed by atoms with Gasteiger partial charge in [0.25, 0.3) is 0 Å².